The highest BCUT2D eigenvalue weighted by molar-refractivity contribution is 5.77. The van der Waals surface area contributed by atoms with E-state index in [4.69, 9.17) is 0 Å². The number of carbonyl (C=O) groups is 1. The Morgan fingerprint density at radius 2 is 1.61 bits per heavy atom. The molecule has 2 N–H and O–H groups in total. The second kappa shape index (κ2) is 10.6. The molecule has 0 spiro atoms. The lowest BCUT2D eigenvalue weighted by molar-refractivity contribution is -0.253. The first-order chi connectivity index (χ1) is 17.9. The number of nitrogens with one attached hydrogen (secondary N) is 2. The van der Waals surface area contributed by atoms with E-state index in [-0.39, 0.29) is 12.0 Å². The summed E-state index contributed by atoms with van der Waals surface area (Å²) in [6.45, 7) is 1.87. The van der Waals surface area contributed by atoms with Crippen LogP contribution < -0.4 is 15.4 Å². The Balaban J connectivity index is 1.87. The summed E-state index contributed by atoms with van der Waals surface area (Å²) in [5.74, 6) is -2.50. The van der Waals surface area contributed by atoms with Gasteiger partial charge in [0.15, 0.2) is 0 Å². The predicted octanol–water partition coefficient (Wildman–Crippen LogP) is 6.93. The maximum atomic E-state index is 14.8. The van der Waals surface area contributed by atoms with Gasteiger partial charge in [0.2, 0.25) is 0 Å². The van der Waals surface area contributed by atoms with Gasteiger partial charge in [-0.25, -0.2) is 13.6 Å². The highest BCUT2D eigenvalue weighted by Crippen LogP contribution is 2.38. The van der Waals surface area contributed by atoms with E-state index >= 15 is 0 Å². The quantitative estimate of drug-likeness (QED) is 0.292. The Kier molecular flexibility index (Phi) is 7.62. The molecule has 2 amide bonds. The van der Waals surface area contributed by atoms with Crippen LogP contribution in [0.3, 0.4) is 0 Å². The van der Waals surface area contributed by atoms with Gasteiger partial charge in [-0.05, 0) is 67.1 Å². The smallest absolute Gasteiger partial charge is 0.428 e. The minimum Gasteiger partial charge on any atom is -0.428 e. The van der Waals surface area contributed by atoms with E-state index in [2.05, 4.69) is 15.4 Å². The van der Waals surface area contributed by atoms with Crippen LogP contribution in [0.1, 0.15) is 42.9 Å². The lowest BCUT2D eigenvalue weighted by atomic mass is 9.77. The van der Waals surface area contributed by atoms with Crippen molar-refractivity contribution in [1.29, 1.82) is 0 Å². The van der Waals surface area contributed by atoms with Gasteiger partial charge < -0.3 is 15.4 Å². The number of urea groups is 1. The second-order valence-electron chi connectivity index (χ2n) is 9.71. The summed E-state index contributed by atoms with van der Waals surface area (Å²) in [4.78, 5) is 13.3. The van der Waals surface area contributed by atoms with Crippen molar-refractivity contribution in [2.75, 3.05) is 0 Å². The molecule has 1 fully saturated rings. The van der Waals surface area contributed by atoms with E-state index in [1.807, 2.05) is 6.92 Å². The molecule has 38 heavy (non-hydrogen) atoms. The highest BCUT2D eigenvalue weighted by Gasteiger charge is 2.45. The SMILES string of the molecule is CC1(NC(=O)N[C@](Cc2ccccc2)(c2ccc(F)cc2)c2cc(F)cc(OC(F)(F)C(F)F)c2)CCC1. The van der Waals surface area contributed by atoms with Gasteiger partial charge in [0.25, 0.3) is 0 Å². The molecule has 3 aromatic carbocycles. The van der Waals surface area contributed by atoms with Crippen molar-refractivity contribution >= 4 is 6.03 Å². The summed E-state index contributed by atoms with van der Waals surface area (Å²) < 4.78 is 86.0. The van der Waals surface area contributed by atoms with Gasteiger partial charge in [-0.2, -0.15) is 17.6 Å². The Bertz CT molecular complexity index is 1270. The predicted molar refractivity (Wildman–Crippen MR) is 129 cm³/mol. The molecule has 0 heterocycles. The van der Waals surface area contributed by atoms with Crippen LogP contribution in [0.4, 0.5) is 31.1 Å². The third kappa shape index (κ3) is 6.06. The second-order valence-corrected chi connectivity index (χ2v) is 9.71. The van der Waals surface area contributed by atoms with Crippen LogP contribution in [0.2, 0.25) is 0 Å². The van der Waals surface area contributed by atoms with E-state index in [1.165, 1.54) is 12.1 Å². The lowest BCUT2D eigenvalue weighted by Crippen LogP contribution is -2.59. The number of benzene rings is 3. The first kappa shape index (κ1) is 27.3. The summed E-state index contributed by atoms with van der Waals surface area (Å²) in [6, 6.07) is 15.7. The number of rotatable bonds is 9. The third-order valence-corrected chi connectivity index (χ3v) is 6.72. The Hall–Kier alpha value is -3.69. The van der Waals surface area contributed by atoms with Gasteiger partial charge in [-0.1, -0.05) is 42.5 Å². The molecular formula is C28H26F6N2O2. The monoisotopic (exact) mass is 536 g/mol. The summed E-state index contributed by atoms with van der Waals surface area (Å²) in [5.41, 5.74) is -1.21. The lowest BCUT2D eigenvalue weighted by Gasteiger charge is -2.42. The fourth-order valence-corrected chi connectivity index (χ4v) is 4.60. The summed E-state index contributed by atoms with van der Waals surface area (Å²) in [6.07, 6.45) is -6.66. The van der Waals surface area contributed by atoms with E-state index < -0.39 is 47.0 Å². The van der Waals surface area contributed by atoms with Crippen LogP contribution in [-0.2, 0) is 12.0 Å². The van der Waals surface area contributed by atoms with Crippen molar-refractivity contribution in [2.45, 2.75) is 56.2 Å². The molecule has 1 aliphatic rings. The van der Waals surface area contributed by atoms with Crippen LogP contribution in [-0.4, -0.2) is 24.1 Å². The molecule has 4 rings (SSSR count). The Morgan fingerprint density at radius 3 is 2.18 bits per heavy atom. The maximum absolute atomic E-state index is 14.8. The molecule has 0 aliphatic heterocycles. The average Bonchev–Trinajstić information content (AvgIpc) is 2.83. The zero-order chi connectivity index (χ0) is 27.6. The molecule has 0 bridgehead atoms. The number of halogens is 6. The Morgan fingerprint density at radius 1 is 0.947 bits per heavy atom. The number of alkyl halides is 4. The minimum absolute atomic E-state index is 0.0161. The minimum atomic E-state index is -4.88. The van der Waals surface area contributed by atoms with E-state index in [9.17, 15) is 31.1 Å². The first-order valence-corrected chi connectivity index (χ1v) is 12.0. The van der Waals surface area contributed by atoms with Crippen LogP contribution in [0, 0.1) is 11.6 Å². The Labute approximate surface area is 216 Å². The van der Waals surface area contributed by atoms with Gasteiger partial charge in [0, 0.05) is 18.0 Å². The van der Waals surface area contributed by atoms with Crippen molar-refractivity contribution < 1.29 is 35.9 Å². The number of hydrogen-bond donors (Lipinski definition) is 2. The number of carbonyl (C=O) groups excluding carboxylic acids is 1. The van der Waals surface area contributed by atoms with Crippen LogP contribution in [0.15, 0.2) is 72.8 Å². The molecule has 4 nitrogen and oxygen atoms in total. The van der Waals surface area contributed by atoms with Gasteiger partial charge in [0.1, 0.15) is 17.4 Å². The van der Waals surface area contributed by atoms with Crippen LogP contribution in [0.5, 0.6) is 5.75 Å². The van der Waals surface area contributed by atoms with Crippen molar-refractivity contribution in [3.05, 3.63) is 101 Å². The fourth-order valence-electron chi connectivity index (χ4n) is 4.60. The summed E-state index contributed by atoms with van der Waals surface area (Å²) >= 11 is 0. The van der Waals surface area contributed by atoms with Gasteiger partial charge >= 0.3 is 18.6 Å². The third-order valence-electron chi connectivity index (χ3n) is 6.72. The van der Waals surface area contributed by atoms with Gasteiger partial charge in [-0.15, -0.1) is 0 Å². The van der Waals surface area contributed by atoms with Crippen molar-refractivity contribution in [3.8, 4) is 5.75 Å². The number of ether oxygens (including phenoxy) is 1. The van der Waals surface area contributed by atoms with Crippen molar-refractivity contribution in [3.63, 3.8) is 0 Å². The van der Waals surface area contributed by atoms with Crippen LogP contribution in [0.25, 0.3) is 0 Å². The molecule has 0 unspecified atom stereocenters. The largest absolute Gasteiger partial charge is 0.461 e. The van der Waals surface area contributed by atoms with Crippen molar-refractivity contribution in [2.24, 2.45) is 0 Å². The van der Waals surface area contributed by atoms with E-state index in [1.54, 1.807) is 30.3 Å². The summed E-state index contributed by atoms with van der Waals surface area (Å²) in [7, 11) is 0. The first-order valence-electron chi connectivity index (χ1n) is 12.0. The van der Waals surface area contributed by atoms with Gasteiger partial charge in [-0.3, -0.25) is 0 Å². The zero-order valence-corrected chi connectivity index (χ0v) is 20.4. The molecule has 0 radical (unpaired) electrons. The van der Waals surface area contributed by atoms with Gasteiger partial charge in [0.05, 0.1) is 5.54 Å². The van der Waals surface area contributed by atoms with E-state index in [0.29, 0.717) is 17.2 Å². The molecular weight excluding hydrogens is 510 g/mol. The molecule has 10 heteroatoms. The maximum Gasteiger partial charge on any atom is 0.461 e. The topological polar surface area (TPSA) is 50.4 Å². The number of amides is 2. The number of hydrogen-bond acceptors (Lipinski definition) is 2. The zero-order valence-electron chi connectivity index (χ0n) is 20.4. The fraction of sp³-hybridized carbons (Fsp3) is 0.321. The molecule has 1 atom stereocenters. The summed E-state index contributed by atoms with van der Waals surface area (Å²) in [5, 5.41) is 5.76. The normalized spacial score (nSPS) is 16.3. The standard InChI is InChI=1S/C28H26F6N2O2/c1-26(12-5-13-26)35-25(37)36-27(17-18-6-3-2-4-7-18,19-8-10-21(29)11-9-19)20-14-22(30)16-23(15-20)38-28(33,34)24(31)32/h2-4,6-11,14-16,24H,5,12-13,17H2,1H3,(H2,35,36,37)/t27-/m1/s1. The molecule has 3 aromatic rings. The average molecular weight is 537 g/mol. The van der Waals surface area contributed by atoms with Crippen LogP contribution >= 0.6 is 0 Å². The molecule has 202 valence electrons. The molecule has 1 saturated carbocycles. The highest BCUT2D eigenvalue weighted by atomic mass is 19.3. The van der Waals surface area contributed by atoms with Crippen molar-refractivity contribution in [1.82, 2.24) is 10.6 Å². The molecule has 0 saturated heterocycles. The molecule has 0 aromatic heterocycles. The van der Waals surface area contributed by atoms with E-state index in [0.717, 1.165) is 43.5 Å². The molecule has 1 aliphatic carbocycles.